The summed E-state index contributed by atoms with van der Waals surface area (Å²) >= 11 is 0. The number of hydrogen-bond donors (Lipinski definition) is 0. The van der Waals surface area contributed by atoms with E-state index in [1.807, 2.05) is 31.2 Å². The van der Waals surface area contributed by atoms with Gasteiger partial charge in [0.1, 0.15) is 5.41 Å². The van der Waals surface area contributed by atoms with Crippen LogP contribution in [0.4, 0.5) is 5.69 Å². The van der Waals surface area contributed by atoms with Crippen LogP contribution in [0.25, 0.3) is 0 Å². The Balaban J connectivity index is 2.23. The zero-order valence-corrected chi connectivity index (χ0v) is 9.53. The SMILES string of the molecule is Cc1cccc(N(C)C(=O)C2(C#N)CC2)c1. The van der Waals surface area contributed by atoms with Gasteiger partial charge in [-0.05, 0) is 37.5 Å². The molecule has 0 N–H and O–H groups in total. The second kappa shape index (κ2) is 3.64. The van der Waals surface area contributed by atoms with Crippen molar-refractivity contribution in [3.63, 3.8) is 0 Å². The van der Waals surface area contributed by atoms with Crippen LogP contribution in [0.5, 0.6) is 0 Å². The molecule has 0 heterocycles. The van der Waals surface area contributed by atoms with E-state index < -0.39 is 5.41 Å². The lowest BCUT2D eigenvalue weighted by molar-refractivity contribution is -0.121. The maximum atomic E-state index is 12.1. The highest BCUT2D eigenvalue weighted by Gasteiger charge is 2.52. The zero-order valence-electron chi connectivity index (χ0n) is 9.53. The highest BCUT2D eigenvalue weighted by molar-refractivity contribution is 6.00. The Morgan fingerprint density at radius 2 is 2.19 bits per heavy atom. The number of carbonyl (C=O) groups excluding carboxylic acids is 1. The molecule has 0 spiro atoms. The van der Waals surface area contributed by atoms with Crippen molar-refractivity contribution in [2.24, 2.45) is 5.41 Å². The van der Waals surface area contributed by atoms with Gasteiger partial charge in [-0.15, -0.1) is 0 Å². The molecule has 0 bridgehead atoms. The smallest absolute Gasteiger partial charge is 0.247 e. The second-order valence-corrected chi connectivity index (χ2v) is 4.40. The van der Waals surface area contributed by atoms with Crippen molar-refractivity contribution in [2.75, 3.05) is 11.9 Å². The maximum absolute atomic E-state index is 12.1. The first-order valence-electron chi connectivity index (χ1n) is 5.35. The molecular weight excluding hydrogens is 200 g/mol. The van der Waals surface area contributed by atoms with Crippen molar-refractivity contribution in [1.29, 1.82) is 5.26 Å². The van der Waals surface area contributed by atoms with Gasteiger partial charge in [0.25, 0.3) is 0 Å². The monoisotopic (exact) mass is 214 g/mol. The highest BCUT2D eigenvalue weighted by atomic mass is 16.2. The third kappa shape index (κ3) is 1.67. The van der Waals surface area contributed by atoms with Crippen LogP contribution >= 0.6 is 0 Å². The lowest BCUT2D eigenvalue weighted by Crippen LogP contribution is -2.33. The summed E-state index contributed by atoms with van der Waals surface area (Å²) in [6.45, 7) is 1.99. The summed E-state index contributed by atoms with van der Waals surface area (Å²) in [6.07, 6.45) is 1.39. The maximum Gasteiger partial charge on any atom is 0.247 e. The fourth-order valence-electron chi connectivity index (χ4n) is 1.77. The van der Waals surface area contributed by atoms with Crippen LogP contribution in [0.3, 0.4) is 0 Å². The quantitative estimate of drug-likeness (QED) is 0.758. The molecule has 0 aliphatic heterocycles. The van der Waals surface area contributed by atoms with E-state index in [0.29, 0.717) is 12.8 Å². The topological polar surface area (TPSA) is 44.1 Å². The summed E-state index contributed by atoms with van der Waals surface area (Å²) in [7, 11) is 1.73. The molecule has 0 unspecified atom stereocenters. The van der Waals surface area contributed by atoms with Gasteiger partial charge in [-0.2, -0.15) is 5.26 Å². The van der Waals surface area contributed by atoms with Gasteiger partial charge >= 0.3 is 0 Å². The predicted octanol–water partition coefficient (Wildman–Crippen LogP) is 2.26. The molecule has 0 atom stereocenters. The lowest BCUT2D eigenvalue weighted by Gasteiger charge is -2.20. The van der Waals surface area contributed by atoms with E-state index >= 15 is 0 Å². The van der Waals surface area contributed by atoms with Gasteiger partial charge in [-0.1, -0.05) is 12.1 Å². The zero-order chi connectivity index (χ0) is 11.8. The molecule has 1 saturated carbocycles. The number of carbonyl (C=O) groups is 1. The summed E-state index contributed by atoms with van der Waals surface area (Å²) in [5.41, 5.74) is 1.23. The summed E-state index contributed by atoms with van der Waals surface area (Å²) in [5, 5.41) is 8.98. The molecule has 1 aliphatic carbocycles. The third-order valence-corrected chi connectivity index (χ3v) is 3.07. The van der Waals surface area contributed by atoms with Crippen molar-refractivity contribution in [2.45, 2.75) is 19.8 Å². The third-order valence-electron chi connectivity index (χ3n) is 3.07. The molecule has 1 aliphatic rings. The van der Waals surface area contributed by atoms with Gasteiger partial charge in [0.05, 0.1) is 6.07 Å². The van der Waals surface area contributed by atoms with Crippen molar-refractivity contribution < 1.29 is 4.79 Å². The Hall–Kier alpha value is -1.82. The Morgan fingerprint density at radius 3 is 2.69 bits per heavy atom. The molecule has 0 saturated heterocycles. The number of nitriles is 1. The first-order valence-corrected chi connectivity index (χ1v) is 5.35. The van der Waals surface area contributed by atoms with Crippen LogP contribution in [0.1, 0.15) is 18.4 Å². The Morgan fingerprint density at radius 1 is 1.50 bits per heavy atom. The molecule has 0 radical (unpaired) electrons. The fourth-order valence-corrected chi connectivity index (χ4v) is 1.77. The number of benzene rings is 1. The summed E-state index contributed by atoms with van der Waals surface area (Å²) in [4.78, 5) is 13.7. The van der Waals surface area contributed by atoms with E-state index in [0.717, 1.165) is 11.3 Å². The van der Waals surface area contributed by atoms with Gasteiger partial charge in [-0.3, -0.25) is 4.79 Å². The van der Waals surface area contributed by atoms with Crippen molar-refractivity contribution in [3.8, 4) is 6.07 Å². The molecule has 0 aromatic heterocycles. The second-order valence-electron chi connectivity index (χ2n) is 4.40. The number of hydrogen-bond acceptors (Lipinski definition) is 2. The van der Waals surface area contributed by atoms with Crippen LogP contribution in [0, 0.1) is 23.7 Å². The minimum absolute atomic E-state index is 0.0828. The Kier molecular flexibility index (Phi) is 2.43. The molecule has 2 rings (SSSR count). The first-order chi connectivity index (χ1) is 7.59. The Bertz CT molecular complexity index is 469. The van der Waals surface area contributed by atoms with E-state index in [2.05, 4.69) is 6.07 Å². The molecule has 16 heavy (non-hydrogen) atoms. The van der Waals surface area contributed by atoms with Gasteiger partial charge in [0.15, 0.2) is 0 Å². The van der Waals surface area contributed by atoms with E-state index in [4.69, 9.17) is 5.26 Å². The molecule has 1 fully saturated rings. The van der Waals surface area contributed by atoms with Gasteiger partial charge in [0.2, 0.25) is 5.91 Å². The first kappa shape index (κ1) is 10.7. The van der Waals surface area contributed by atoms with Gasteiger partial charge in [-0.25, -0.2) is 0 Å². The van der Waals surface area contributed by atoms with Crippen molar-refractivity contribution in [1.82, 2.24) is 0 Å². The summed E-state index contributed by atoms with van der Waals surface area (Å²) in [6, 6.07) is 9.87. The van der Waals surface area contributed by atoms with E-state index in [9.17, 15) is 4.79 Å². The highest BCUT2D eigenvalue weighted by Crippen LogP contribution is 2.46. The molecule has 82 valence electrons. The summed E-state index contributed by atoms with van der Waals surface area (Å²) < 4.78 is 0. The average Bonchev–Trinajstić information content (AvgIpc) is 3.08. The molecule has 1 aromatic rings. The van der Waals surface area contributed by atoms with Crippen LogP contribution in [0.15, 0.2) is 24.3 Å². The van der Waals surface area contributed by atoms with Gasteiger partial charge < -0.3 is 4.90 Å². The number of amides is 1. The molecule has 3 heteroatoms. The standard InChI is InChI=1S/C13H14N2O/c1-10-4-3-5-11(8-10)15(2)12(16)13(9-14)6-7-13/h3-5,8H,6-7H2,1-2H3. The van der Waals surface area contributed by atoms with Crippen LogP contribution < -0.4 is 4.90 Å². The van der Waals surface area contributed by atoms with E-state index in [1.54, 1.807) is 11.9 Å². The number of anilines is 1. The number of nitrogens with zero attached hydrogens (tertiary/aromatic N) is 2. The van der Waals surface area contributed by atoms with E-state index in [1.165, 1.54) is 0 Å². The van der Waals surface area contributed by atoms with Gasteiger partial charge in [0, 0.05) is 12.7 Å². The average molecular weight is 214 g/mol. The number of aryl methyl sites for hydroxylation is 1. The predicted molar refractivity (Wildman–Crippen MR) is 61.9 cm³/mol. The largest absolute Gasteiger partial charge is 0.314 e. The van der Waals surface area contributed by atoms with Crippen molar-refractivity contribution >= 4 is 11.6 Å². The molecular formula is C13H14N2O. The minimum Gasteiger partial charge on any atom is -0.314 e. The van der Waals surface area contributed by atoms with Crippen LogP contribution in [0.2, 0.25) is 0 Å². The van der Waals surface area contributed by atoms with Crippen LogP contribution in [-0.4, -0.2) is 13.0 Å². The molecule has 1 amide bonds. The number of rotatable bonds is 2. The molecule has 1 aromatic carbocycles. The molecule has 3 nitrogen and oxygen atoms in total. The normalized spacial score (nSPS) is 16.3. The van der Waals surface area contributed by atoms with E-state index in [-0.39, 0.29) is 5.91 Å². The van der Waals surface area contributed by atoms with Crippen LogP contribution in [-0.2, 0) is 4.79 Å². The lowest BCUT2D eigenvalue weighted by atomic mass is 10.1. The summed E-state index contributed by atoms with van der Waals surface area (Å²) in [5.74, 6) is -0.0828. The fraction of sp³-hybridized carbons (Fsp3) is 0.385. The minimum atomic E-state index is -0.738. The Labute approximate surface area is 95.3 Å². The van der Waals surface area contributed by atoms with Crippen molar-refractivity contribution in [3.05, 3.63) is 29.8 Å².